The Balaban J connectivity index is 2.58. The molecule has 0 fully saturated rings. The van der Waals surface area contributed by atoms with Gasteiger partial charge in [0.15, 0.2) is 11.5 Å². The first-order valence-corrected chi connectivity index (χ1v) is 4.09. The Morgan fingerprint density at radius 2 is 2.14 bits per heavy atom. The van der Waals surface area contributed by atoms with Crippen molar-refractivity contribution in [3.8, 4) is 11.3 Å². The van der Waals surface area contributed by atoms with Gasteiger partial charge in [-0.3, -0.25) is 0 Å². The maximum Gasteiger partial charge on any atom is 0.196 e. The molecule has 0 radical (unpaired) electrons. The van der Waals surface area contributed by atoms with Gasteiger partial charge in [-0.1, -0.05) is 11.6 Å². The molecule has 1 aromatic heterocycles. The second kappa shape index (κ2) is 3.26. The average molecular weight is 214 g/mol. The van der Waals surface area contributed by atoms with Gasteiger partial charge in [0.2, 0.25) is 0 Å². The molecule has 0 amide bonds. The second-order valence-corrected chi connectivity index (χ2v) is 3.03. The summed E-state index contributed by atoms with van der Waals surface area (Å²) in [4.78, 5) is 0. The van der Waals surface area contributed by atoms with Crippen molar-refractivity contribution in [2.24, 2.45) is 0 Å². The Morgan fingerprint density at radius 3 is 2.71 bits per heavy atom. The van der Waals surface area contributed by atoms with Crippen LogP contribution in [0.3, 0.4) is 0 Å². The Labute approximate surface area is 83.4 Å². The Morgan fingerprint density at radius 1 is 1.36 bits per heavy atom. The van der Waals surface area contributed by atoms with E-state index in [-0.39, 0.29) is 10.8 Å². The molecular formula is C8H5ClFN3O. The first-order valence-electron chi connectivity index (χ1n) is 3.72. The van der Waals surface area contributed by atoms with Crippen molar-refractivity contribution in [1.82, 2.24) is 10.3 Å². The zero-order valence-corrected chi connectivity index (χ0v) is 7.62. The quantitative estimate of drug-likeness (QED) is 0.788. The highest BCUT2D eigenvalue weighted by Crippen LogP contribution is 2.29. The summed E-state index contributed by atoms with van der Waals surface area (Å²) in [6.07, 6.45) is 0. The molecule has 1 heterocycles. The summed E-state index contributed by atoms with van der Waals surface area (Å²) >= 11 is 5.79. The monoisotopic (exact) mass is 213 g/mol. The minimum Gasteiger partial charge on any atom is -0.379 e. The van der Waals surface area contributed by atoms with Crippen LogP contribution in [0.15, 0.2) is 22.8 Å². The highest BCUT2D eigenvalue weighted by molar-refractivity contribution is 6.33. The van der Waals surface area contributed by atoms with Crippen molar-refractivity contribution in [2.45, 2.75) is 0 Å². The van der Waals surface area contributed by atoms with Gasteiger partial charge in [-0.2, -0.15) is 0 Å². The van der Waals surface area contributed by atoms with Crippen LogP contribution in [0.4, 0.5) is 10.2 Å². The number of nitrogens with two attached hydrogens (primary N) is 1. The third-order valence-corrected chi connectivity index (χ3v) is 2.01. The van der Waals surface area contributed by atoms with Crippen LogP contribution in [0.2, 0.25) is 5.02 Å². The molecule has 2 rings (SSSR count). The topological polar surface area (TPSA) is 64.9 Å². The molecule has 0 saturated carbocycles. The first kappa shape index (κ1) is 8.96. The number of nitrogen functional groups attached to an aromatic ring is 1. The van der Waals surface area contributed by atoms with Crippen LogP contribution in [0, 0.1) is 5.82 Å². The van der Waals surface area contributed by atoms with Gasteiger partial charge in [0, 0.05) is 5.56 Å². The number of hydrogen-bond donors (Lipinski definition) is 1. The fraction of sp³-hybridized carbons (Fsp3) is 0. The lowest BCUT2D eigenvalue weighted by Crippen LogP contribution is -1.89. The van der Waals surface area contributed by atoms with Crippen LogP contribution in [-0.2, 0) is 0 Å². The molecule has 0 aliphatic rings. The molecule has 0 saturated heterocycles. The predicted molar refractivity (Wildman–Crippen MR) is 49.1 cm³/mol. The van der Waals surface area contributed by atoms with Gasteiger partial charge >= 0.3 is 0 Å². The van der Waals surface area contributed by atoms with E-state index in [2.05, 4.69) is 14.9 Å². The van der Waals surface area contributed by atoms with E-state index in [9.17, 15) is 4.39 Å². The normalized spacial score (nSPS) is 10.4. The van der Waals surface area contributed by atoms with Crippen LogP contribution in [0.25, 0.3) is 11.3 Å². The van der Waals surface area contributed by atoms with Crippen molar-refractivity contribution in [2.75, 3.05) is 5.73 Å². The number of rotatable bonds is 1. The molecule has 0 unspecified atom stereocenters. The van der Waals surface area contributed by atoms with E-state index >= 15 is 0 Å². The second-order valence-electron chi connectivity index (χ2n) is 2.62. The van der Waals surface area contributed by atoms with Gasteiger partial charge in [0.1, 0.15) is 5.82 Å². The number of nitrogens with zero attached hydrogens (tertiary/aromatic N) is 2. The summed E-state index contributed by atoms with van der Waals surface area (Å²) < 4.78 is 17.1. The zero-order valence-electron chi connectivity index (χ0n) is 6.87. The molecule has 2 N–H and O–H groups in total. The number of anilines is 1. The largest absolute Gasteiger partial charge is 0.379 e. The Bertz CT molecular complexity index is 471. The van der Waals surface area contributed by atoms with Crippen molar-refractivity contribution < 1.29 is 9.02 Å². The highest BCUT2D eigenvalue weighted by Gasteiger charge is 2.12. The number of hydrogen-bond acceptors (Lipinski definition) is 4. The minimum absolute atomic E-state index is 0.124. The number of benzene rings is 1. The lowest BCUT2D eigenvalue weighted by molar-refractivity contribution is 0.310. The van der Waals surface area contributed by atoms with Gasteiger partial charge < -0.3 is 5.73 Å². The van der Waals surface area contributed by atoms with Gasteiger partial charge in [-0.05, 0) is 28.5 Å². The molecule has 0 aliphatic carbocycles. The van der Waals surface area contributed by atoms with E-state index < -0.39 is 5.82 Å². The van der Waals surface area contributed by atoms with Crippen LogP contribution in [-0.4, -0.2) is 10.3 Å². The molecule has 0 aliphatic heterocycles. The molecule has 14 heavy (non-hydrogen) atoms. The SMILES string of the molecule is Nc1nonc1-c1ccc(F)cc1Cl. The Kier molecular flexibility index (Phi) is 2.09. The fourth-order valence-electron chi connectivity index (χ4n) is 1.06. The molecule has 72 valence electrons. The van der Waals surface area contributed by atoms with E-state index in [0.29, 0.717) is 11.3 Å². The summed E-state index contributed by atoms with van der Waals surface area (Å²) in [6, 6.07) is 3.90. The summed E-state index contributed by atoms with van der Waals surface area (Å²) in [5.74, 6) is -0.299. The third kappa shape index (κ3) is 1.42. The Hall–Kier alpha value is -1.62. The molecular weight excluding hydrogens is 209 g/mol. The van der Waals surface area contributed by atoms with Crippen LogP contribution >= 0.6 is 11.6 Å². The maximum absolute atomic E-state index is 12.7. The summed E-state index contributed by atoms with van der Waals surface area (Å²) in [5.41, 5.74) is 6.27. The zero-order chi connectivity index (χ0) is 10.1. The van der Waals surface area contributed by atoms with E-state index in [1.807, 2.05) is 0 Å². The molecule has 0 bridgehead atoms. The van der Waals surface area contributed by atoms with Crippen molar-refractivity contribution in [1.29, 1.82) is 0 Å². The van der Waals surface area contributed by atoms with E-state index in [0.717, 1.165) is 0 Å². The van der Waals surface area contributed by atoms with Crippen molar-refractivity contribution in [3.05, 3.63) is 29.0 Å². The van der Waals surface area contributed by atoms with E-state index in [4.69, 9.17) is 17.3 Å². The molecule has 1 aromatic carbocycles. The first-order chi connectivity index (χ1) is 6.68. The molecule has 4 nitrogen and oxygen atoms in total. The lowest BCUT2D eigenvalue weighted by Gasteiger charge is -1.99. The standard InChI is InChI=1S/C8H5ClFN3O/c9-6-3-4(10)1-2-5(6)7-8(11)13-14-12-7/h1-3H,(H2,11,13). The average Bonchev–Trinajstić information content (AvgIpc) is 2.52. The summed E-state index contributed by atoms with van der Waals surface area (Å²) in [7, 11) is 0. The van der Waals surface area contributed by atoms with Gasteiger partial charge in [-0.15, -0.1) is 0 Å². The van der Waals surface area contributed by atoms with Crippen LogP contribution in [0.1, 0.15) is 0 Å². The number of halogens is 2. The van der Waals surface area contributed by atoms with E-state index in [1.165, 1.54) is 18.2 Å². The lowest BCUT2D eigenvalue weighted by atomic mass is 10.1. The van der Waals surface area contributed by atoms with Gasteiger partial charge in [-0.25, -0.2) is 9.02 Å². The van der Waals surface area contributed by atoms with Crippen LogP contribution < -0.4 is 5.73 Å². The fourth-order valence-corrected chi connectivity index (χ4v) is 1.32. The maximum atomic E-state index is 12.7. The summed E-state index contributed by atoms with van der Waals surface area (Å²) in [5, 5.41) is 7.17. The molecule has 0 spiro atoms. The third-order valence-electron chi connectivity index (χ3n) is 1.70. The van der Waals surface area contributed by atoms with Crippen molar-refractivity contribution in [3.63, 3.8) is 0 Å². The van der Waals surface area contributed by atoms with Crippen LogP contribution in [0.5, 0.6) is 0 Å². The highest BCUT2D eigenvalue weighted by atomic mass is 35.5. The minimum atomic E-state index is -0.422. The van der Waals surface area contributed by atoms with E-state index in [1.54, 1.807) is 0 Å². The van der Waals surface area contributed by atoms with Crippen molar-refractivity contribution >= 4 is 17.4 Å². The number of aromatic nitrogens is 2. The van der Waals surface area contributed by atoms with Gasteiger partial charge in [0.25, 0.3) is 0 Å². The molecule has 6 heteroatoms. The molecule has 0 atom stereocenters. The molecule has 2 aromatic rings. The van der Waals surface area contributed by atoms with Gasteiger partial charge in [0.05, 0.1) is 5.02 Å². The summed E-state index contributed by atoms with van der Waals surface area (Å²) in [6.45, 7) is 0. The smallest absolute Gasteiger partial charge is 0.196 e. The predicted octanol–water partition coefficient (Wildman–Crippen LogP) is 2.11.